The Labute approximate surface area is 170 Å². The van der Waals surface area contributed by atoms with Crippen LogP contribution in [0.3, 0.4) is 0 Å². The van der Waals surface area contributed by atoms with Gasteiger partial charge in [-0.15, -0.1) is 0 Å². The van der Waals surface area contributed by atoms with Gasteiger partial charge in [-0.3, -0.25) is 15.0 Å². The molecule has 0 spiro atoms. The Morgan fingerprint density at radius 1 is 1.11 bits per heavy atom. The van der Waals surface area contributed by atoms with Crippen LogP contribution in [0.1, 0.15) is 11.1 Å². The lowest BCUT2D eigenvalue weighted by Gasteiger charge is -2.17. The van der Waals surface area contributed by atoms with Gasteiger partial charge in [-0.05, 0) is 30.4 Å². The molecule has 2 N–H and O–H groups in total. The number of hydrogen-bond donors (Lipinski definition) is 2. The van der Waals surface area contributed by atoms with E-state index >= 15 is 0 Å². The van der Waals surface area contributed by atoms with E-state index in [1.54, 1.807) is 6.07 Å². The molecule has 28 heavy (non-hydrogen) atoms. The second kappa shape index (κ2) is 12.0. The van der Waals surface area contributed by atoms with Crippen molar-refractivity contribution in [1.29, 1.82) is 0 Å². The Morgan fingerprint density at radius 2 is 1.86 bits per heavy atom. The smallest absolute Gasteiger partial charge is 0.269 e. The van der Waals surface area contributed by atoms with Crippen LogP contribution in [0.25, 0.3) is 0 Å². The lowest BCUT2D eigenvalue weighted by molar-refractivity contribution is -0.384. The standard InChI is InChI=1S/C20H26N4O3S/c1-23(16-17-6-3-2-4-7-17)11-13-27-12-10-21-20(28)22-15-18-8-5-9-19(14-18)24(25)26/h2-9,14H,10-13,15-16H2,1H3,(H2,21,22,28). The molecule has 0 saturated heterocycles. The number of nitro benzene ring substituents is 1. The van der Waals surface area contributed by atoms with Gasteiger partial charge in [-0.2, -0.15) is 0 Å². The number of nitrogens with zero attached hydrogens (tertiary/aromatic N) is 2. The zero-order valence-electron chi connectivity index (χ0n) is 16.0. The van der Waals surface area contributed by atoms with E-state index in [1.165, 1.54) is 17.7 Å². The number of nitro groups is 1. The van der Waals surface area contributed by atoms with Crippen molar-refractivity contribution in [2.75, 3.05) is 33.4 Å². The van der Waals surface area contributed by atoms with Gasteiger partial charge in [-0.25, -0.2) is 0 Å². The Bertz CT molecular complexity index is 758. The van der Waals surface area contributed by atoms with E-state index < -0.39 is 4.92 Å². The molecule has 0 aliphatic rings. The van der Waals surface area contributed by atoms with Crippen LogP contribution in [-0.2, 0) is 17.8 Å². The van der Waals surface area contributed by atoms with Crippen molar-refractivity contribution in [3.8, 4) is 0 Å². The average molecular weight is 403 g/mol. The first-order chi connectivity index (χ1) is 13.5. The second-order valence-electron chi connectivity index (χ2n) is 6.37. The molecule has 7 nitrogen and oxygen atoms in total. The molecule has 0 aliphatic heterocycles. The summed E-state index contributed by atoms with van der Waals surface area (Å²) in [4.78, 5) is 12.6. The zero-order valence-corrected chi connectivity index (χ0v) is 16.8. The Kier molecular flexibility index (Phi) is 9.33. The fraction of sp³-hybridized carbons (Fsp3) is 0.350. The third-order valence-corrected chi connectivity index (χ3v) is 4.31. The van der Waals surface area contributed by atoms with Crippen LogP contribution in [0.4, 0.5) is 5.69 Å². The number of benzene rings is 2. The van der Waals surface area contributed by atoms with E-state index in [2.05, 4.69) is 34.7 Å². The topological polar surface area (TPSA) is 79.7 Å². The van der Waals surface area contributed by atoms with Crippen LogP contribution in [0.2, 0.25) is 0 Å². The summed E-state index contributed by atoms with van der Waals surface area (Å²) < 4.78 is 5.63. The molecular formula is C20H26N4O3S. The van der Waals surface area contributed by atoms with Crippen molar-refractivity contribution in [2.24, 2.45) is 0 Å². The van der Waals surface area contributed by atoms with Crippen LogP contribution in [0.15, 0.2) is 54.6 Å². The summed E-state index contributed by atoms with van der Waals surface area (Å²) in [5.41, 5.74) is 2.16. The van der Waals surface area contributed by atoms with E-state index in [1.807, 2.05) is 24.3 Å². The predicted octanol–water partition coefficient (Wildman–Crippen LogP) is 2.71. The maximum atomic E-state index is 10.8. The molecule has 2 aromatic rings. The number of hydrogen-bond acceptors (Lipinski definition) is 5. The van der Waals surface area contributed by atoms with Gasteiger partial charge in [0.15, 0.2) is 5.11 Å². The Hall–Kier alpha value is -2.55. The van der Waals surface area contributed by atoms with E-state index in [-0.39, 0.29) is 5.69 Å². The maximum absolute atomic E-state index is 10.8. The van der Waals surface area contributed by atoms with Crippen molar-refractivity contribution in [3.05, 3.63) is 75.8 Å². The fourth-order valence-corrected chi connectivity index (χ4v) is 2.73. The molecule has 0 unspecified atom stereocenters. The molecule has 0 atom stereocenters. The molecule has 0 fully saturated rings. The molecule has 0 bridgehead atoms. The SMILES string of the molecule is CN(CCOCCNC(=S)NCc1cccc([N+](=O)[O-])c1)Cc1ccccc1. The average Bonchev–Trinajstić information content (AvgIpc) is 2.70. The summed E-state index contributed by atoms with van der Waals surface area (Å²) in [7, 11) is 2.07. The highest BCUT2D eigenvalue weighted by Gasteiger charge is 2.05. The van der Waals surface area contributed by atoms with Crippen LogP contribution in [-0.4, -0.2) is 48.3 Å². The number of nitrogens with one attached hydrogen (secondary N) is 2. The molecule has 0 aliphatic carbocycles. The third-order valence-electron chi connectivity index (χ3n) is 4.02. The highest BCUT2D eigenvalue weighted by molar-refractivity contribution is 7.80. The van der Waals surface area contributed by atoms with Crippen molar-refractivity contribution in [3.63, 3.8) is 0 Å². The highest BCUT2D eigenvalue weighted by Crippen LogP contribution is 2.12. The maximum Gasteiger partial charge on any atom is 0.269 e. The Balaban J connectivity index is 1.53. The molecule has 0 aromatic heterocycles. The summed E-state index contributed by atoms with van der Waals surface area (Å²) in [5, 5.41) is 17.4. The number of likely N-dealkylation sites (N-methyl/N-ethyl adjacent to an activating group) is 1. The minimum Gasteiger partial charge on any atom is -0.378 e. The van der Waals surface area contributed by atoms with Gasteiger partial charge >= 0.3 is 0 Å². The normalized spacial score (nSPS) is 10.6. The van der Waals surface area contributed by atoms with Gasteiger partial charge in [0, 0.05) is 38.3 Å². The second-order valence-corrected chi connectivity index (χ2v) is 6.78. The number of thiocarbonyl (C=S) groups is 1. The zero-order chi connectivity index (χ0) is 20.2. The van der Waals surface area contributed by atoms with E-state index in [0.29, 0.717) is 31.4 Å². The molecule has 0 amide bonds. The van der Waals surface area contributed by atoms with Gasteiger partial charge < -0.3 is 15.4 Å². The first-order valence-electron chi connectivity index (χ1n) is 9.10. The minimum atomic E-state index is -0.408. The lowest BCUT2D eigenvalue weighted by Crippen LogP contribution is -2.37. The summed E-state index contributed by atoms with van der Waals surface area (Å²) in [6.07, 6.45) is 0. The fourth-order valence-electron chi connectivity index (χ4n) is 2.56. The summed E-state index contributed by atoms with van der Waals surface area (Å²) in [6, 6.07) is 16.8. The minimum absolute atomic E-state index is 0.0730. The lowest BCUT2D eigenvalue weighted by atomic mass is 10.2. The number of ether oxygens (including phenoxy) is 1. The molecule has 0 saturated carbocycles. The predicted molar refractivity (Wildman–Crippen MR) is 114 cm³/mol. The van der Waals surface area contributed by atoms with Gasteiger partial charge in [0.25, 0.3) is 5.69 Å². The van der Waals surface area contributed by atoms with Crippen LogP contribution in [0, 0.1) is 10.1 Å². The van der Waals surface area contributed by atoms with Gasteiger partial charge in [-0.1, -0.05) is 42.5 Å². The van der Waals surface area contributed by atoms with Crippen LogP contribution in [0.5, 0.6) is 0 Å². The molecule has 150 valence electrons. The number of rotatable bonds is 11. The molecule has 2 rings (SSSR count). The van der Waals surface area contributed by atoms with Crippen molar-refractivity contribution in [2.45, 2.75) is 13.1 Å². The van der Waals surface area contributed by atoms with Crippen LogP contribution < -0.4 is 10.6 Å². The largest absolute Gasteiger partial charge is 0.378 e. The Morgan fingerprint density at radius 3 is 2.61 bits per heavy atom. The monoisotopic (exact) mass is 402 g/mol. The summed E-state index contributed by atoms with van der Waals surface area (Å²) >= 11 is 5.21. The quantitative estimate of drug-likeness (QED) is 0.259. The van der Waals surface area contributed by atoms with Gasteiger partial charge in [0.1, 0.15) is 0 Å². The number of non-ortho nitro benzene ring substituents is 1. The molecule has 0 radical (unpaired) electrons. The third kappa shape index (κ3) is 8.43. The van der Waals surface area contributed by atoms with Gasteiger partial charge in [0.05, 0.1) is 18.1 Å². The van der Waals surface area contributed by atoms with E-state index in [4.69, 9.17) is 17.0 Å². The molecule has 8 heteroatoms. The molecule has 0 heterocycles. The van der Waals surface area contributed by atoms with E-state index in [0.717, 1.165) is 18.7 Å². The van der Waals surface area contributed by atoms with E-state index in [9.17, 15) is 10.1 Å². The molecular weight excluding hydrogens is 376 g/mol. The highest BCUT2D eigenvalue weighted by atomic mass is 32.1. The van der Waals surface area contributed by atoms with Crippen molar-refractivity contribution in [1.82, 2.24) is 15.5 Å². The van der Waals surface area contributed by atoms with Crippen LogP contribution >= 0.6 is 12.2 Å². The van der Waals surface area contributed by atoms with Crippen molar-refractivity contribution >= 4 is 23.0 Å². The summed E-state index contributed by atoms with van der Waals surface area (Å²) in [6.45, 7) is 3.98. The molecule has 2 aromatic carbocycles. The first kappa shape index (κ1) is 21.7. The summed E-state index contributed by atoms with van der Waals surface area (Å²) in [5.74, 6) is 0. The van der Waals surface area contributed by atoms with Crippen molar-refractivity contribution < 1.29 is 9.66 Å². The first-order valence-corrected chi connectivity index (χ1v) is 9.50. The van der Waals surface area contributed by atoms with Gasteiger partial charge in [0.2, 0.25) is 0 Å².